The van der Waals surface area contributed by atoms with Gasteiger partial charge in [0.1, 0.15) is 12.3 Å². The van der Waals surface area contributed by atoms with Crippen molar-refractivity contribution < 1.29 is 14.4 Å². The number of carbonyl (C=O) groups is 1. The summed E-state index contributed by atoms with van der Waals surface area (Å²) in [4.78, 5) is 16.0. The van der Waals surface area contributed by atoms with Gasteiger partial charge in [-0.25, -0.2) is 0 Å². The molecular formula is C17H21N2O2S+. The van der Waals surface area contributed by atoms with E-state index in [4.69, 9.17) is 4.74 Å². The number of hydrogen-bond donors (Lipinski definition) is 1. The second kappa shape index (κ2) is 6.94. The normalized spacial score (nSPS) is 15.8. The minimum atomic E-state index is 0.122. The molecule has 1 aromatic heterocycles. The van der Waals surface area contributed by atoms with E-state index in [2.05, 4.69) is 16.8 Å². The summed E-state index contributed by atoms with van der Waals surface area (Å²) in [6.45, 7) is 4.73. The highest BCUT2D eigenvalue weighted by Gasteiger charge is 2.24. The largest absolute Gasteiger partial charge is 0.497 e. The van der Waals surface area contributed by atoms with Gasteiger partial charge in [0.25, 0.3) is 5.91 Å². The van der Waals surface area contributed by atoms with Gasteiger partial charge in [0.15, 0.2) is 0 Å². The maximum atomic E-state index is 12.5. The van der Waals surface area contributed by atoms with E-state index in [1.807, 2.05) is 29.2 Å². The van der Waals surface area contributed by atoms with Crippen molar-refractivity contribution in [3.63, 3.8) is 0 Å². The Kier molecular flexibility index (Phi) is 4.75. The number of nitrogens with one attached hydrogen (secondary N) is 1. The molecule has 1 aliphatic heterocycles. The lowest BCUT2D eigenvalue weighted by Gasteiger charge is -2.32. The fourth-order valence-electron chi connectivity index (χ4n) is 2.80. The zero-order valence-electron chi connectivity index (χ0n) is 12.7. The minimum absolute atomic E-state index is 0.122. The van der Waals surface area contributed by atoms with E-state index >= 15 is 0 Å². The van der Waals surface area contributed by atoms with Crippen LogP contribution in [0.2, 0.25) is 0 Å². The Morgan fingerprint density at radius 3 is 2.55 bits per heavy atom. The molecule has 1 fully saturated rings. The Bertz CT molecular complexity index is 602. The Labute approximate surface area is 134 Å². The van der Waals surface area contributed by atoms with Crippen molar-refractivity contribution in [2.24, 2.45) is 0 Å². The van der Waals surface area contributed by atoms with Crippen LogP contribution >= 0.6 is 11.3 Å². The van der Waals surface area contributed by atoms with E-state index in [1.165, 1.54) is 5.56 Å². The lowest BCUT2D eigenvalue weighted by molar-refractivity contribution is -0.917. The third-order valence-electron chi connectivity index (χ3n) is 4.13. The highest BCUT2D eigenvalue weighted by molar-refractivity contribution is 7.07. The van der Waals surface area contributed by atoms with Crippen LogP contribution in [0.3, 0.4) is 0 Å². The molecule has 1 aromatic carbocycles. The Morgan fingerprint density at radius 2 is 1.95 bits per heavy atom. The van der Waals surface area contributed by atoms with Crippen LogP contribution in [-0.4, -0.2) is 44.1 Å². The first-order valence-corrected chi connectivity index (χ1v) is 8.48. The van der Waals surface area contributed by atoms with Gasteiger partial charge in [-0.15, -0.1) is 0 Å². The molecule has 5 heteroatoms. The smallest absolute Gasteiger partial charge is 0.254 e. The summed E-state index contributed by atoms with van der Waals surface area (Å²) in [6.07, 6.45) is 0. The number of hydrogen-bond acceptors (Lipinski definition) is 3. The van der Waals surface area contributed by atoms with Crippen LogP contribution in [0.5, 0.6) is 5.75 Å². The minimum Gasteiger partial charge on any atom is -0.497 e. The van der Waals surface area contributed by atoms with Crippen molar-refractivity contribution in [3.05, 3.63) is 52.2 Å². The summed E-state index contributed by atoms with van der Waals surface area (Å²) in [5, 5.41) is 4.33. The topological polar surface area (TPSA) is 34.0 Å². The first-order chi connectivity index (χ1) is 10.8. The lowest BCUT2D eigenvalue weighted by atomic mass is 10.1. The van der Waals surface area contributed by atoms with E-state index in [0.717, 1.165) is 44.0 Å². The quantitative estimate of drug-likeness (QED) is 0.922. The van der Waals surface area contributed by atoms with Gasteiger partial charge in [-0.2, -0.15) is 11.3 Å². The van der Waals surface area contributed by atoms with Crippen LogP contribution in [0.1, 0.15) is 15.9 Å². The molecule has 0 saturated carbocycles. The molecule has 2 heterocycles. The van der Waals surface area contributed by atoms with Gasteiger partial charge in [0.05, 0.1) is 33.3 Å². The van der Waals surface area contributed by atoms with Crippen LogP contribution in [0.15, 0.2) is 41.1 Å². The molecule has 2 aromatic rings. The number of nitrogens with zero attached hydrogens (tertiary/aromatic N) is 1. The number of quaternary nitrogens is 1. The van der Waals surface area contributed by atoms with Gasteiger partial charge < -0.3 is 14.5 Å². The Morgan fingerprint density at radius 1 is 1.23 bits per heavy atom. The van der Waals surface area contributed by atoms with Crippen molar-refractivity contribution in [3.8, 4) is 5.75 Å². The predicted octanol–water partition coefficient (Wildman–Crippen LogP) is 1.30. The van der Waals surface area contributed by atoms with Crippen LogP contribution in [-0.2, 0) is 6.54 Å². The van der Waals surface area contributed by atoms with Gasteiger partial charge in [-0.05, 0) is 41.1 Å². The first-order valence-electron chi connectivity index (χ1n) is 7.54. The average molecular weight is 317 g/mol. The number of ether oxygens (including phenoxy) is 1. The van der Waals surface area contributed by atoms with E-state index in [-0.39, 0.29) is 5.91 Å². The number of carbonyl (C=O) groups excluding carboxylic acids is 1. The highest BCUT2D eigenvalue weighted by atomic mass is 32.1. The maximum Gasteiger partial charge on any atom is 0.254 e. The molecule has 22 heavy (non-hydrogen) atoms. The van der Waals surface area contributed by atoms with Gasteiger partial charge in [-0.3, -0.25) is 4.79 Å². The summed E-state index contributed by atoms with van der Waals surface area (Å²) in [5.41, 5.74) is 2.14. The van der Waals surface area contributed by atoms with Gasteiger partial charge in [0, 0.05) is 11.1 Å². The van der Waals surface area contributed by atoms with Crippen molar-refractivity contribution in [2.75, 3.05) is 33.3 Å². The first kappa shape index (κ1) is 15.1. The lowest BCUT2D eigenvalue weighted by Crippen LogP contribution is -3.13. The number of methoxy groups -OCH3 is 1. The fourth-order valence-corrected chi connectivity index (χ4v) is 3.47. The third kappa shape index (κ3) is 3.48. The van der Waals surface area contributed by atoms with Crippen LogP contribution < -0.4 is 9.64 Å². The fraction of sp³-hybridized carbons (Fsp3) is 0.353. The molecule has 116 valence electrons. The zero-order valence-corrected chi connectivity index (χ0v) is 13.6. The molecule has 0 bridgehead atoms. The van der Waals surface area contributed by atoms with Crippen molar-refractivity contribution in [1.82, 2.24) is 4.90 Å². The van der Waals surface area contributed by atoms with Crippen LogP contribution in [0.4, 0.5) is 0 Å². The SMILES string of the molecule is COc1ccc(C(=O)N2CC[NH+](Cc3ccsc3)CC2)cc1. The second-order valence-electron chi connectivity index (χ2n) is 5.58. The van der Waals surface area contributed by atoms with Crippen molar-refractivity contribution in [2.45, 2.75) is 6.54 Å². The number of amides is 1. The van der Waals surface area contributed by atoms with E-state index in [9.17, 15) is 4.79 Å². The molecule has 1 amide bonds. The highest BCUT2D eigenvalue weighted by Crippen LogP contribution is 2.13. The number of piperazine rings is 1. The number of thiophene rings is 1. The monoisotopic (exact) mass is 317 g/mol. The summed E-state index contributed by atoms with van der Waals surface area (Å²) in [6, 6.07) is 9.54. The molecule has 0 atom stereocenters. The molecule has 0 radical (unpaired) electrons. The maximum absolute atomic E-state index is 12.5. The Balaban J connectivity index is 1.54. The van der Waals surface area contributed by atoms with Gasteiger partial charge in [-0.1, -0.05) is 0 Å². The molecule has 0 unspecified atom stereocenters. The predicted molar refractivity (Wildman–Crippen MR) is 87.6 cm³/mol. The third-order valence-corrected chi connectivity index (χ3v) is 4.86. The average Bonchev–Trinajstić information content (AvgIpc) is 3.08. The van der Waals surface area contributed by atoms with Gasteiger partial charge >= 0.3 is 0 Å². The van der Waals surface area contributed by atoms with Crippen molar-refractivity contribution >= 4 is 17.2 Å². The summed E-state index contributed by atoms with van der Waals surface area (Å²) < 4.78 is 5.13. The van der Waals surface area contributed by atoms with Crippen LogP contribution in [0.25, 0.3) is 0 Å². The summed E-state index contributed by atoms with van der Waals surface area (Å²) >= 11 is 1.75. The van der Waals surface area contributed by atoms with E-state index < -0.39 is 0 Å². The number of benzene rings is 1. The molecule has 1 N–H and O–H groups in total. The standard InChI is InChI=1S/C17H20N2O2S/c1-21-16-4-2-15(3-5-16)17(20)19-9-7-18(8-10-19)12-14-6-11-22-13-14/h2-6,11,13H,7-10,12H2,1H3/p+1. The van der Waals surface area contributed by atoms with Crippen LogP contribution in [0, 0.1) is 0 Å². The molecule has 3 rings (SSSR count). The molecule has 1 aliphatic rings. The summed E-state index contributed by atoms with van der Waals surface area (Å²) in [7, 11) is 1.63. The molecule has 4 nitrogen and oxygen atoms in total. The molecular weight excluding hydrogens is 296 g/mol. The second-order valence-corrected chi connectivity index (χ2v) is 6.36. The van der Waals surface area contributed by atoms with Crippen molar-refractivity contribution in [1.29, 1.82) is 0 Å². The Hall–Kier alpha value is -1.85. The number of rotatable bonds is 4. The van der Waals surface area contributed by atoms with Gasteiger partial charge in [0.2, 0.25) is 0 Å². The van der Waals surface area contributed by atoms with E-state index in [1.54, 1.807) is 23.3 Å². The molecule has 0 spiro atoms. The summed E-state index contributed by atoms with van der Waals surface area (Å²) in [5.74, 6) is 0.902. The molecule has 1 saturated heterocycles. The molecule has 0 aliphatic carbocycles. The van der Waals surface area contributed by atoms with E-state index in [0.29, 0.717) is 0 Å². The zero-order chi connectivity index (χ0) is 15.4.